The molecule has 3 aromatic heterocycles. The smallest absolute Gasteiger partial charge is 0.265 e. The Kier molecular flexibility index (Phi) is 4.69. The molecule has 8 nitrogen and oxygen atoms in total. The van der Waals surface area contributed by atoms with Gasteiger partial charge in [0, 0.05) is 32.1 Å². The first-order chi connectivity index (χ1) is 14.1. The van der Waals surface area contributed by atoms with E-state index in [-0.39, 0.29) is 11.8 Å². The summed E-state index contributed by atoms with van der Waals surface area (Å²) in [6.07, 6.45) is 4.19. The van der Waals surface area contributed by atoms with E-state index in [0.717, 1.165) is 71.9 Å². The van der Waals surface area contributed by atoms with Crippen molar-refractivity contribution in [3.8, 4) is 0 Å². The van der Waals surface area contributed by atoms with E-state index in [2.05, 4.69) is 20.1 Å². The summed E-state index contributed by atoms with van der Waals surface area (Å²) in [5.41, 5.74) is 1.62. The lowest BCUT2D eigenvalue weighted by Gasteiger charge is -2.31. The average molecular weight is 412 g/mol. The molecule has 152 valence electrons. The number of hydrogen-bond donors (Lipinski definition) is 0. The van der Waals surface area contributed by atoms with E-state index >= 15 is 0 Å². The van der Waals surface area contributed by atoms with Crippen LogP contribution in [0, 0.1) is 13.8 Å². The lowest BCUT2D eigenvalue weighted by atomic mass is 9.96. The predicted octanol–water partition coefficient (Wildman–Crippen LogP) is 2.82. The zero-order chi connectivity index (χ0) is 20.0. The molecule has 0 spiro atoms. The first kappa shape index (κ1) is 18.5. The lowest BCUT2D eigenvalue weighted by Crippen LogP contribution is -2.38. The van der Waals surface area contributed by atoms with E-state index < -0.39 is 0 Å². The van der Waals surface area contributed by atoms with Gasteiger partial charge in [-0.25, -0.2) is 4.98 Å². The molecule has 1 amide bonds. The minimum absolute atomic E-state index is 0.104. The molecule has 29 heavy (non-hydrogen) atoms. The molecule has 0 atom stereocenters. The van der Waals surface area contributed by atoms with E-state index in [0.29, 0.717) is 0 Å². The van der Waals surface area contributed by atoms with Gasteiger partial charge in [-0.2, -0.15) is 4.52 Å². The predicted molar refractivity (Wildman–Crippen MR) is 112 cm³/mol. The number of nitrogens with zero attached hydrogens (tertiary/aromatic N) is 7. The molecule has 0 saturated carbocycles. The number of carbonyl (C=O) groups is 1. The summed E-state index contributed by atoms with van der Waals surface area (Å²) in [6, 6.07) is 4.05. The number of thiazole rings is 1. The van der Waals surface area contributed by atoms with Crippen LogP contribution in [0.5, 0.6) is 0 Å². The fraction of sp³-hybridized carbons (Fsp3) is 0.550. The van der Waals surface area contributed by atoms with Crippen molar-refractivity contribution in [3.63, 3.8) is 0 Å². The van der Waals surface area contributed by atoms with Gasteiger partial charge >= 0.3 is 0 Å². The number of likely N-dealkylation sites (tertiary alicyclic amines) is 1. The van der Waals surface area contributed by atoms with Crippen LogP contribution in [-0.4, -0.2) is 61.8 Å². The largest absolute Gasteiger partial charge is 0.355 e. The molecule has 0 unspecified atom stereocenters. The number of piperidine rings is 1. The number of anilines is 1. The van der Waals surface area contributed by atoms with E-state index in [1.54, 1.807) is 0 Å². The minimum Gasteiger partial charge on any atom is -0.355 e. The Morgan fingerprint density at radius 2 is 1.83 bits per heavy atom. The average Bonchev–Trinajstić information content (AvgIpc) is 3.47. The third-order valence-corrected chi connectivity index (χ3v) is 7.01. The molecule has 0 aromatic carbocycles. The van der Waals surface area contributed by atoms with Gasteiger partial charge in [-0.3, -0.25) is 4.79 Å². The van der Waals surface area contributed by atoms with Gasteiger partial charge in [0.15, 0.2) is 11.5 Å². The second-order valence-electron chi connectivity index (χ2n) is 7.93. The minimum atomic E-state index is 0.104. The van der Waals surface area contributed by atoms with E-state index in [1.165, 1.54) is 24.2 Å². The quantitative estimate of drug-likeness (QED) is 0.659. The van der Waals surface area contributed by atoms with Crippen LogP contribution in [0.2, 0.25) is 0 Å². The highest BCUT2D eigenvalue weighted by molar-refractivity contribution is 7.13. The summed E-state index contributed by atoms with van der Waals surface area (Å²) in [7, 11) is 0. The number of rotatable bonds is 3. The molecular formula is C20H25N7OS. The molecule has 2 aliphatic heterocycles. The van der Waals surface area contributed by atoms with E-state index in [9.17, 15) is 4.79 Å². The first-order valence-corrected chi connectivity index (χ1v) is 11.1. The van der Waals surface area contributed by atoms with Gasteiger partial charge in [0.25, 0.3) is 5.91 Å². The number of carbonyl (C=O) groups excluding carboxylic acids is 1. The van der Waals surface area contributed by atoms with Crippen molar-refractivity contribution < 1.29 is 4.79 Å². The van der Waals surface area contributed by atoms with Crippen LogP contribution in [0.1, 0.15) is 57.8 Å². The van der Waals surface area contributed by atoms with Crippen LogP contribution in [0.3, 0.4) is 0 Å². The zero-order valence-corrected chi connectivity index (χ0v) is 17.7. The molecule has 3 aromatic rings. The summed E-state index contributed by atoms with van der Waals surface area (Å²) in [5, 5.41) is 14.6. The van der Waals surface area contributed by atoms with Crippen molar-refractivity contribution in [2.24, 2.45) is 0 Å². The number of aryl methyl sites for hydroxylation is 2. The number of fused-ring (bicyclic) bond motifs is 1. The number of hydrogen-bond acceptors (Lipinski definition) is 7. The fourth-order valence-corrected chi connectivity index (χ4v) is 5.27. The van der Waals surface area contributed by atoms with Gasteiger partial charge in [0.2, 0.25) is 0 Å². The Bertz CT molecular complexity index is 1040. The number of amides is 1. The van der Waals surface area contributed by atoms with Crippen LogP contribution < -0.4 is 4.90 Å². The second kappa shape index (κ2) is 7.37. The highest BCUT2D eigenvalue weighted by atomic mass is 32.1. The molecule has 0 aliphatic carbocycles. The SMILES string of the molecule is Cc1nc(C)c(C(=O)N2CCC(c3nnc4ccc(N5CCCC5)nn34)CC2)s1. The van der Waals surface area contributed by atoms with Gasteiger partial charge in [-0.05, 0) is 51.7 Å². The summed E-state index contributed by atoms with van der Waals surface area (Å²) in [4.78, 5) is 22.3. The molecule has 5 heterocycles. The number of aromatic nitrogens is 5. The highest BCUT2D eigenvalue weighted by Crippen LogP contribution is 2.29. The maximum absolute atomic E-state index is 12.9. The van der Waals surface area contributed by atoms with Crippen molar-refractivity contribution in [2.45, 2.75) is 45.4 Å². The first-order valence-electron chi connectivity index (χ1n) is 10.3. The van der Waals surface area contributed by atoms with Gasteiger partial charge in [-0.1, -0.05) is 0 Å². The Morgan fingerprint density at radius 3 is 2.52 bits per heavy atom. The van der Waals surface area contributed by atoms with Crippen LogP contribution in [-0.2, 0) is 0 Å². The van der Waals surface area contributed by atoms with Crippen LogP contribution >= 0.6 is 11.3 Å². The zero-order valence-electron chi connectivity index (χ0n) is 16.8. The molecule has 2 aliphatic rings. The summed E-state index contributed by atoms with van der Waals surface area (Å²) in [5.74, 6) is 2.28. The Hall–Kier alpha value is -2.55. The topological polar surface area (TPSA) is 79.5 Å². The van der Waals surface area contributed by atoms with Crippen molar-refractivity contribution in [1.29, 1.82) is 0 Å². The molecule has 0 radical (unpaired) electrons. The third-order valence-electron chi connectivity index (χ3n) is 5.95. The van der Waals surface area contributed by atoms with Gasteiger partial charge in [-0.15, -0.1) is 26.6 Å². The van der Waals surface area contributed by atoms with Gasteiger partial charge in [0.1, 0.15) is 10.7 Å². The molecule has 2 saturated heterocycles. The second-order valence-corrected chi connectivity index (χ2v) is 9.13. The molecule has 5 rings (SSSR count). The Labute approximate surface area is 173 Å². The molecule has 0 bridgehead atoms. The van der Waals surface area contributed by atoms with Crippen molar-refractivity contribution in [2.75, 3.05) is 31.1 Å². The summed E-state index contributed by atoms with van der Waals surface area (Å²) >= 11 is 1.49. The normalized spacial score (nSPS) is 18.1. The summed E-state index contributed by atoms with van der Waals surface area (Å²) in [6.45, 7) is 7.43. The van der Waals surface area contributed by atoms with E-state index in [1.807, 2.05) is 35.4 Å². The molecule has 9 heteroatoms. The molecular weight excluding hydrogens is 386 g/mol. The van der Waals surface area contributed by atoms with Gasteiger partial charge < -0.3 is 9.80 Å². The summed E-state index contributed by atoms with van der Waals surface area (Å²) < 4.78 is 1.91. The Balaban J connectivity index is 1.32. The standard InChI is InChI=1S/C20H25N7OS/c1-13-18(29-14(2)21-13)20(28)26-11-7-15(8-12-26)19-23-22-16-5-6-17(24-27(16)19)25-9-3-4-10-25/h5-6,15H,3-4,7-12H2,1-2H3. The van der Waals surface area contributed by atoms with Crippen LogP contribution in [0.15, 0.2) is 12.1 Å². The van der Waals surface area contributed by atoms with Gasteiger partial charge in [0.05, 0.1) is 10.7 Å². The molecule has 0 N–H and O–H groups in total. The van der Waals surface area contributed by atoms with Crippen LogP contribution in [0.25, 0.3) is 5.65 Å². The lowest BCUT2D eigenvalue weighted by molar-refractivity contribution is 0.0714. The maximum Gasteiger partial charge on any atom is 0.265 e. The van der Waals surface area contributed by atoms with Crippen molar-refractivity contribution >= 4 is 28.7 Å². The van der Waals surface area contributed by atoms with E-state index in [4.69, 9.17) is 5.10 Å². The van der Waals surface area contributed by atoms with Crippen molar-refractivity contribution in [3.05, 3.63) is 33.5 Å². The van der Waals surface area contributed by atoms with Crippen molar-refractivity contribution in [1.82, 2.24) is 29.7 Å². The highest BCUT2D eigenvalue weighted by Gasteiger charge is 2.29. The van der Waals surface area contributed by atoms with Crippen LogP contribution in [0.4, 0.5) is 5.82 Å². The third kappa shape index (κ3) is 3.37. The Morgan fingerprint density at radius 1 is 1.07 bits per heavy atom. The fourth-order valence-electron chi connectivity index (χ4n) is 4.38. The monoisotopic (exact) mass is 411 g/mol. The maximum atomic E-state index is 12.9. The molecule has 2 fully saturated rings.